The summed E-state index contributed by atoms with van der Waals surface area (Å²) < 4.78 is 17.2. The van der Waals surface area contributed by atoms with E-state index >= 15 is 0 Å². The second-order valence-electron chi connectivity index (χ2n) is 12.9. The van der Waals surface area contributed by atoms with E-state index in [0.29, 0.717) is 17.1 Å². The fourth-order valence-corrected chi connectivity index (χ4v) is 13.0. The fraction of sp³-hybridized carbons (Fsp3) is 0.576. The Morgan fingerprint density at radius 1 is 0.707 bits per heavy atom. The Hall–Kier alpha value is -1.94. The highest BCUT2D eigenvalue weighted by Gasteiger charge is 2.28. The predicted molar refractivity (Wildman–Crippen MR) is 175 cm³/mol. The maximum atomic E-state index is 12.6. The number of ether oxygens (including phenoxy) is 2. The molecule has 0 heterocycles. The van der Waals surface area contributed by atoms with Crippen LogP contribution in [0.1, 0.15) is 81.1 Å². The van der Waals surface area contributed by atoms with Gasteiger partial charge in [-0.2, -0.15) is 0 Å². The van der Waals surface area contributed by atoms with E-state index in [1.807, 2.05) is 38.1 Å². The summed E-state index contributed by atoms with van der Waals surface area (Å²) in [4.78, 5) is 24.6. The van der Waals surface area contributed by atoms with Crippen LogP contribution in [-0.2, 0) is 15.3 Å². The van der Waals surface area contributed by atoms with Crippen molar-refractivity contribution in [1.82, 2.24) is 0 Å². The molecule has 0 aliphatic carbocycles. The van der Waals surface area contributed by atoms with Crippen LogP contribution in [0.4, 0.5) is 0 Å². The molecular weight excluding hydrogens is 568 g/mol. The molecule has 8 heteroatoms. The molecule has 0 N–H and O–H groups in total. The maximum Gasteiger partial charge on any atom is 0.343 e. The second-order valence-corrected chi connectivity index (χ2v) is 22.5. The number of esters is 2. The largest absolute Gasteiger partial charge is 0.456 e. The van der Waals surface area contributed by atoms with Gasteiger partial charge in [-0.25, -0.2) is 4.79 Å². The molecule has 228 valence electrons. The number of carbonyl (C=O) groups is 2. The van der Waals surface area contributed by atoms with Crippen molar-refractivity contribution in [1.29, 1.82) is 0 Å². The molecule has 0 saturated carbocycles. The van der Waals surface area contributed by atoms with Crippen LogP contribution in [0.3, 0.4) is 0 Å². The van der Waals surface area contributed by atoms with E-state index in [1.54, 1.807) is 24.3 Å². The van der Waals surface area contributed by atoms with Crippen LogP contribution in [0, 0.1) is 5.92 Å². The number of hydrogen-bond donors (Lipinski definition) is 0. The molecule has 1 atom stereocenters. The number of unbranched alkanes of at least 4 members (excludes halogenated alkanes) is 7. The highest BCUT2D eigenvalue weighted by Crippen LogP contribution is 2.23. The minimum atomic E-state index is -1.48. The van der Waals surface area contributed by atoms with Gasteiger partial charge in [-0.1, -0.05) is 70.9 Å². The van der Waals surface area contributed by atoms with Crippen LogP contribution in [0.15, 0.2) is 48.5 Å². The lowest BCUT2D eigenvalue weighted by atomic mass is 10.0. The minimum absolute atomic E-state index is 0.0271. The number of hydrogen-bond acceptors (Lipinski definition) is 5. The molecule has 2 aromatic carbocycles. The number of halogens is 1. The number of benzene rings is 2. The Bertz CT molecular complexity index is 1060. The summed E-state index contributed by atoms with van der Waals surface area (Å²) in [7, 11) is -2.90. The summed E-state index contributed by atoms with van der Waals surface area (Å²) >= 11 is 6.04. The third kappa shape index (κ3) is 14.7. The molecule has 0 saturated heterocycles. The second kappa shape index (κ2) is 17.2. The summed E-state index contributed by atoms with van der Waals surface area (Å²) in [5.74, 6) is -0.208. The van der Waals surface area contributed by atoms with E-state index in [-0.39, 0.29) is 5.92 Å². The standard InChI is InChI=1S/C33H51ClO5Si2/c1-26(2)31(34)33(36)38-30-23-21-29(22-24-30)37-32(35)28-19-17-27(18-20-28)16-14-12-10-8-9-11-13-15-25-41(6,7)39-40(3,4)5/h17-24,26,31H,8-16,25H2,1-7H3. The zero-order valence-corrected chi connectivity index (χ0v) is 29.0. The molecule has 0 aliphatic rings. The molecular formula is C33H51ClO5Si2. The SMILES string of the molecule is CC(C)C(Cl)C(=O)Oc1ccc(OC(=O)c2ccc(CCCCCCCCCC[Si](C)(C)O[Si](C)(C)C)cc2)cc1. The Balaban J connectivity index is 1.60. The van der Waals surface area contributed by atoms with Crippen molar-refractivity contribution in [3.05, 3.63) is 59.7 Å². The van der Waals surface area contributed by atoms with Crippen LogP contribution < -0.4 is 9.47 Å². The van der Waals surface area contributed by atoms with Crippen molar-refractivity contribution >= 4 is 40.2 Å². The third-order valence-corrected chi connectivity index (χ3v) is 13.7. The van der Waals surface area contributed by atoms with Gasteiger partial charge in [-0.3, -0.25) is 4.79 Å². The summed E-state index contributed by atoms with van der Waals surface area (Å²) in [6.45, 7) is 15.3. The lowest BCUT2D eigenvalue weighted by Crippen LogP contribution is -2.42. The first kappa shape index (κ1) is 35.3. The highest BCUT2D eigenvalue weighted by molar-refractivity contribution is 6.84. The Morgan fingerprint density at radius 2 is 1.20 bits per heavy atom. The van der Waals surface area contributed by atoms with E-state index in [4.69, 9.17) is 25.2 Å². The van der Waals surface area contributed by atoms with Gasteiger partial charge < -0.3 is 13.6 Å². The topological polar surface area (TPSA) is 61.8 Å². The molecule has 0 amide bonds. The zero-order chi connectivity index (χ0) is 30.5. The molecule has 5 nitrogen and oxygen atoms in total. The molecule has 2 rings (SSSR count). The monoisotopic (exact) mass is 618 g/mol. The van der Waals surface area contributed by atoms with Gasteiger partial charge in [-0.05, 0) is 99.5 Å². The summed E-state index contributed by atoms with van der Waals surface area (Å²) in [5, 5.41) is -0.713. The van der Waals surface area contributed by atoms with Gasteiger partial charge in [0, 0.05) is 0 Å². The van der Waals surface area contributed by atoms with Crippen LogP contribution in [0.2, 0.25) is 38.8 Å². The van der Waals surface area contributed by atoms with E-state index in [1.165, 1.54) is 56.6 Å². The summed E-state index contributed by atoms with van der Waals surface area (Å²) in [6.07, 6.45) is 11.3. The molecule has 0 fully saturated rings. The van der Waals surface area contributed by atoms with Crippen LogP contribution in [0.5, 0.6) is 11.5 Å². The number of rotatable bonds is 18. The Kier molecular flexibility index (Phi) is 14.8. The molecule has 0 aliphatic heterocycles. The third-order valence-electron chi connectivity index (χ3n) is 6.83. The van der Waals surface area contributed by atoms with Gasteiger partial charge in [0.2, 0.25) is 0 Å². The molecule has 41 heavy (non-hydrogen) atoms. The van der Waals surface area contributed by atoms with Gasteiger partial charge in [-0.15, -0.1) is 11.6 Å². The van der Waals surface area contributed by atoms with Crippen molar-refractivity contribution in [3.8, 4) is 11.5 Å². The highest BCUT2D eigenvalue weighted by atomic mass is 35.5. The first-order chi connectivity index (χ1) is 19.3. The summed E-state index contributed by atoms with van der Waals surface area (Å²) in [6, 6.07) is 15.3. The van der Waals surface area contributed by atoms with E-state index in [0.717, 1.165) is 12.8 Å². The number of aryl methyl sites for hydroxylation is 1. The van der Waals surface area contributed by atoms with Gasteiger partial charge in [0.1, 0.15) is 16.9 Å². The smallest absolute Gasteiger partial charge is 0.343 e. The van der Waals surface area contributed by atoms with E-state index in [9.17, 15) is 9.59 Å². The molecule has 0 radical (unpaired) electrons. The number of carbonyl (C=O) groups excluding carboxylic acids is 2. The first-order valence-electron chi connectivity index (χ1n) is 15.2. The van der Waals surface area contributed by atoms with Crippen molar-refractivity contribution in [3.63, 3.8) is 0 Å². The predicted octanol–water partition coefficient (Wildman–Crippen LogP) is 9.79. The molecule has 0 bridgehead atoms. The zero-order valence-electron chi connectivity index (χ0n) is 26.3. The van der Waals surface area contributed by atoms with E-state index in [2.05, 4.69) is 32.7 Å². The Labute approximate surface area is 255 Å². The van der Waals surface area contributed by atoms with Crippen molar-refractivity contribution < 1.29 is 23.2 Å². The molecule has 2 aromatic rings. The van der Waals surface area contributed by atoms with Crippen molar-refractivity contribution in [2.75, 3.05) is 0 Å². The van der Waals surface area contributed by atoms with Crippen LogP contribution in [0.25, 0.3) is 0 Å². The van der Waals surface area contributed by atoms with E-state index < -0.39 is 34.0 Å². The average Bonchev–Trinajstić information content (AvgIpc) is 2.89. The normalized spacial score (nSPS) is 12.8. The van der Waals surface area contributed by atoms with Crippen LogP contribution in [-0.4, -0.2) is 34.0 Å². The minimum Gasteiger partial charge on any atom is -0.456 e. The molecule has 0 spiro atoms. The maximum absolute atomic E-state index is 12.6. The van der Waals surface area contributed by atoms with Crippen LogP contribution >= 0.6 is 11.6 Å². The lowest BCUT2D eigenvalue weighted by molar-refractivity contribution is -0.134. The first-order valence-corrected chi connectivity index (χ1v) is 22.2. The quantitative estimate of drug-likeness (QED) is 0.0547. The number of alkyl halides is 1. The average molecular weight is 619 g/mol. The van der Waals surface area contributed by atoms with Crippen molar-refractivity contribution in [2.45, 2.75) is 116 Å². The van der Waals surface area contributed by atoms with Gasteiger partial charge >= 0.3 is 11.9 Å². The van der Waals surface area contributed by atoms with Gasteiger partial charge in [0.15, 0.2) is 16.6 Å². The van der Waals surface area contributed by atoms with Gasteiger partial charge in [0.05, 0.1) is 5.56 Å². The molecule has 0 aromatic heterocycles. The Morgan fingerprint density at radius 3 is 1.71 bits per heavy atom. The van der Waals surface area contributed by atoms with Gasteiger partial charge in [0.25, 0.3) is 0 Å². The van der Waals surface area contributed by atoms with Crippen molar-refractivity contribution in [2.24, 2.45) is 5.92 Å². The lowest BCUT2D eigenvalue weighted by Gasteiger charge is -2.31. The molecule has 1 unspecified atom stereocenters. The summed E-state index contributed by atoms with van der Waals surface area (Å²) in [5.41, 5.74) is 1.74. The fourth-order valence-electron chi connectivity index (χ4n) is 4.81.